The molecule has 1 saturated heterocycles. The van der Waals surface area contributed by atoms with Crippen molar-refractivity contribution in [2.45, 2.75) is 25.8 Å². The first-order chi connectivity index (χ1) is 8.65. The Balaban J connectivity index is 1.77. The Morgan fingerprint density at radius 2 is 1.89 bits per heavy atom. The third kappa shape index (κ3) is 3.98. The average Bonchev–Trinajstić information content (AvgIpc) is 2.38. The van der Waals surface area contributed by atoms with Crippen molar-refractivity contribution in [3.8, 4) is 0 Å². The lowest BCUT2D eigenvalue weighted by Crippen LogP contribution is -2.35. The SMILES string of the molecule is C[C@@H](NCC1CCN(C)CC1)c1ccc(Cl)cc1. The fourth-order valence-corrected chi connectivity index (χ4v) is 2.60. The van der Waals surface area contributed by atoms with E-state index in [9.17, 15) is 0 Å². The minimum absolute atomic E-state index is 0.405. The highest BCUT2D eigenvalue weighted by atomic mass is 35.5. The number of hydrogen-bond donors (Lipinski definition) is 1. The third-order valence-corrected chi connectivity index (χ3v) is 4.17. The van der Waals surface area contributed by atoms with Gasteiger partial charge in [0.1, 0.15) is 0 Å². The van der Waals surface area contributed by atoms with Crippen LogP contribution in [0.25, 0.3) is 0 Å². The van der Waals surface area contributed by atoms with Crippen molar-refractivity contribution in [1.29, 1.82) is 0 Å². The number of rotatable bonds is 4. The largest absolute Gasteiger partial charge is 0.310 e. The molecule has 2 rings (SSSR count). The van der Waals surface area contributed by atoms with Gasteiger partial charge < -0.3 is 10.2 Å². The molecule has 0 aliphatic carbocycles. The predicted molar refractivity (Wildman–Crippen MR) is 78.1 cm³/mol. The van der Waals surface area contributed by atoms with Gasteiger partial charge in [-0.15, -0.1) is 0 Å². The molecule has 1 aromatic carbocycles. The normalized spacial score (nSPS) is 19.9. The van der Waals surface area contributed by atoms with Crippen LogP contribution in [-0.2, 0) is 0 Å². The summed E-state index contributed by atoms with van der Waals surface area (Å²) < 4.78 is 0. The summed E-state index contributed by atoms with van der Waals surface area (Å²) in [6.07, 6.45) is 2.63. The summed E-state index contributed by atoms with van der Waals surface area (Å²) in [4.78, 5) is 2.42. The van der Waals surface area contributed by atoms with Crippen LogP contribution in [0, 0.1) is 5.92 Å². The van der Waals surface area contributed by atoms with Crippen LogP contribution in [-0.4, -0.2) is 31.6 Å². The number of hydrogen-bond acceptors (Lipinski definition) is 2. The van der Waals surface area contributed by atoms with Crippen molar-refractivity contribution < 1.29 is 0 Å². The van der Waals surface area contributed by atoms with Gasteiger partial charge in [0.15, 0.2) is 0 Å². The Morgan fingerprint density at radius 3 is 2.50 bits per heavy atom. The molecule has 1 aliphatic rings. The molecule has 1 N–H and O–H groups in total. The summed E-state index contributed by atoms with van der Waals surface area (Å²) in [5, 5.41) is 4.45. The lowest BCUT2D eigenvalue weighted by Gasteiger charge is -2.30. The zero-order valence-corrected chi connectivity index (χ0v) is 12.1. The van der Waals surface area contributed by atoms with Crippen LogP contribution in [0.3, 0.4) is 0 Å². The second kappa shape index (κ2) is 6.55. The van der Waals surface area contributed by atoms with E-state index in [0.717, 1.165) is 17.5 Å². The summed E-state index contributed by atoms with van der Waals surface area (Å²) in [5.74, 6) is 0.830. The average molecular weight is 267 g/mol. The Morgan fingerprint density at radius 1 is 1.28 bits per heavy atom. The number of benzene rings is 1. The zero-order valence-electron chi connectivity index (χ0n) is 11.3. The molecule has 18 heavy (non-hydrogen) atoms. The molecule has 0 aromatic heterocycles. The van der Waals surface area contributed by atoms with Crippen LogP contribution >= 0.6 is 11.6 Å². The second-order valence-electron chi connectivity index (χ2n) is 5.43. The number of nitrogens with one attached hydrogen (secondary N) is 1. The molecular formula is C15H23ClN2. The first kappa shape index (κ1) is 13.9. The van der Waals surface area contributed by atoms with Crippen molar-refractivity contribution >= 4 is 11.6 Å². The summed E-state index contributed by atoms with van der Waals surface area (Å²) >= 11 is 5.90. The second-order valence-corrected chi connectivity index (χ2v) is 5.86. The Hall–Kier alpha value is -0.570. The quantitative estimate of drug-likeness (QED) is 0.899. The molecule has 0 amide bonds. The molecule has 1 heterocycles. The molecule has 1 aliphatic heterocycles. The van der Waals surface area contributed by atoms with Crippen LogP contribution in [0.15, 0.2) is 24.3 Å². The van der Waals surface area contributed by atoms with Crippen LogP contribution in [0.1, 0.15) is 31.4 Å². The molecule has 2 nitrogen and oxygen atoms in total. The maximum Gasteiger partial charge on any atom is 0.0406 e. The Bertz CT molecular complexity index is 355. The Labute approximate surface area is 115 Å². The maximum absolute atomic E-state index is 5.90. The van der Waals surface area contributed by atoms with E-state index >= 15 is 0 Å². The number of piperidine rings is 1. The first-order valence-corrected chi connectivity index (χ1v) is 7.20. The van der Waals surface area contributed by atoms with Gasteiger partial charge in [0.25, 0.3) is 0 Å². The number of nitrogens with zero attached hydrogens (tertiary/aromatic N) is 1. The van der Waals surface area contributed by atoms with Gasteiger partial charge in [-0.3, -0.25) is 0 Å². The predicted octanol–water partition coefficient (Wildman–Crippen LogP) is 3.33. The lowest BCUT2D eigenvalue weighted by atomic mass is 9.96. The van der Waals surface area contributed by atoms with E-state index in [2.05, 4.69) is 36.3 Å². The van der Waals surface area contributed by atoms with Gasteiger partial charge in [-0.05, 0) is 70.1 Å². The van der Waals surface area contributed by atoms with Gasteiger partial charge in [0, 0.05) is 11.1 Å². The summed E-state index contributed by atoms with van der Waals surface area (Å²) in [6.45, 7) is 5.82. The van der Waals surface area contributed by atoms with E-state index in [1.807, 2.05) is 12.1 Å². The molecule has 1 atom stereocenters. The van der Waals surface area contributed by atoms with Crippen molar-refractivity contribution in [2.75, 3.05) is 26.7 Å². The first-order valence-electron chi connectivity index (χ1n) is 6.82. The maximum atomic E-state index is 5.90. The van der Waals surface area contributed by atoms with Crippen molar-refractivity contribution in [2.24, 2.45) is 5.92 Å². The molecule has 0 bridgehead atoms. The van der Waals surface area contributed by atoms with Gasteiger partial charge >= 0.3 is 0 Å². The van der Waals surface area contributed by atoms with Crippen molar-refractivity contribution in [1.82, 2.24) is 10.2 Å². The summed E-state index contributed by atoms with van der Waals surface area (Å²) in [7, 11) is 2.21. The minimum Gasteiger partial charge on any atom is -0.310 e. The van der Waals surface area contributed by atoms with E-state index < -0.39 is 0 Å². The highest BCUT2D eigenvalue weighted by Crippen LogP contribution is 2.19. The molecule has 0 spiro atoms. The van der Waals surface area contributed by atoms with Crippen LogP contribution in [0.5, 0.6) is 0 Å². The molecule has 0 radical (unpaired) electrons. The number of likely N-dealkylation sites (tertiary alicyclic amines) is 1. The van der Waals surface area contributed by atoms with Crippen molar-refractivity contribution in [3.05, 3.63) is 34.9 Å². The lowest BCUT2D eigenvalue weighted by molar-refractivity contribution is 0.213. The highest BCUT2D eigenvalue weighted by molar-refractivity contribution is 6.30. The van der Waals surface area contributed by atoms with E-state index in [-0.39, 0.29) is 0 Å². The molecule has 0 unspecified atom stereocenters. The Kier molecular flexibility index (Phi) is 5.04. The van der Waals surface area contributed by atoms with E-state index in [1.54, 1.807) is 0 Å². The zero-order chi connectivity index (χ0) is 13.0. The van der Waals surface area contributed by atoms with Gasteiger partial charge in [-0.25, -0.2) is 0 Å². The molecule has 1 fully saturated rings. The van der Waals surface area contributed by atoms with Gasteiger partial charge in [-0.1, -0.05) is 23.7 Å². The van der Waals surface area contributed by atoms with Gasteiger partial charge in [0.2, 0.25) is 0 Å². The molecule has 3 heteroatoms. The smallest absolute Gasteiger partial charge is 0.0406 e. The highest BCUT2D eigenvalue weighted by Gasteiger charge is 2.17. The standard InChI is InChI=1S/C15H23ClN2/c1-12(14-3-5-15(16)6-4-14)17-11-13-7-9-18(2)10-8-13/h3-6,12-13,17H,7-11H2,1-2H3/t12-/m1/s1. The van der Waals surface area contributed by atoms with E-state index in [4.69, 9.17) is 11.6 Å². The third-order valence-electron chi connectivity index (χ3n) is 3.92. The van der Waals surface area contributed by atoms with E-state index in [1.165, 1.54) is 31.5 Å². The fraction of sp³-hybridized carbons (Fsp3) is 0.600. The number of halogens is 1. The van der Waals surface area contributed by atoms with Crippen LogP contribution < -0.4 is 5.32 Å². The fourth-order valence-electron chi connectivity index (χ4n) is 2.48. The van der Waals surface area contributed by atoms with Gasteiger partial charge in [0.05, 0.1) is 0 Å². The minimum atomic E-state index is 0.405. The van der Waals surface area contributed by atoms with Crippen molar-refractivity contribution in [3.63, 3.8) is 0 Å². The topological polar surface area (TPSA) is 15.3 Å². The molecule has 100 valence electrons. The molecule has 1 aromatic rings. The summed E-state index contributed by atoms with van der Waals surface area (Å²) in [5.41, 5.74) is 1.31. The monoisotopic (exact) mass is 266 g/mol. The molecule has 0 saturated carbocycles. The molecular weight excluding hydrogens is 244 g/mol. The van der Waals surface area contributed by atoms with Crippen LogP contribution in [0.4, 0.5) is 0 Å². The van der Waals surface area contributed by atoms with Gasteiger partial charge in [-0.2, -0.15) is 0 Å². The van der Waals surface area contributed by atoms with Crippen LogP contribution in [0.2, 0.25) is 5.02 Å². The van der Waals surface area contributed by atoms with E-state index in [0.29, 0.717) is 6.04 Å². The summed E-state index contributed by atoms with van der Waals surface area (Å²) in [6, 6.07) is 8.54.